The molecule has 0 saturated carbocycles. The first kappa shape index (κ1) is 18.2. The lowest BCUT2D eigenvalue weighted by Gasteiger charge is -2.36. The van der Waals surface area contributed by atoms with Crippen LogP contribution in [0, 0.1) is 0 Å². The lowest BCUT2D eigenvalue weighted by atomic mass is 10.1. The average molecular weight is 383 g/mol. The molecule has 25 heavy (non-hydrogen) atoms. The van der Waals surface area contributed by atoms with Gasteiger partial charge in [-0.1, -0.05) is 6.07 Å². The maximum absolute atomic E-state index is 12.6. The molecule has 0 bridgehead atoms. The molecule has 1 N–H and O–H groups in total. The minimum absolute atomic E-state index is 0.0937. The molecule has 9 heteroatoms. The normalized spacial score (nSPS) is 21.4. The van der Waals surface area contributed by atoms with Gasteiger partial charge < -0.3 is 9.80 Å². The molecule has 3 rings (SSSR count). The predicted octanol–water partition coefficient (Wildman–Crippen LogP) is 0.0370. The van der Waals surface area contributed by atoms with Gasteiger partial charge in [-0.3, -0.25) is 14.9 Å². The third-order valence-corrected chi connectivity index (χ3v) is 6.45. The van der Waals surface area contributed by atoms with E-state index >= 15 is 0 Å². The summed E-state index contributed by atoms with van der Waals surface area (Å²) in [4.78, 5) is 28.6. The largest absolute Gasteiger partial charge is 0.338 e. The van der Waals surface area contributed by atoms with Crippen molar-refractivity contribution in [2.45, 2.75) is 10.9 Å². The van der Waals surface area contributed by atoms with Crippen molar-refractivity contribution in [1.82, 2.24) is 15.1 Å². The molecule has 7 nitrogen and oxygen atoms in total. The van der Waals surface area contributed by atoms with Gasteiger partial charge in [0.05, 0.1) is 10.9 Å². The molecule has 0 aliphatic carbocycles. The number of nitrogens with one attached hydrogen (secondary N) is 1. The molecule has 136 valence electrons. The van der Waals surface area contributed by atoms with E-state index in [0.29, 0.717) is 31.7 Å². The van der Waals surface area contributed by atoms with Gasteiger partial charge in [-0.25, -0.2) is 8.42 Å². The Hall–Kier alpha value is -1.58. The molecule has 1 atom stereocenters. The van der Waals surface area contributed by atoms with Crippen molar-refractivity contribution in [3.8, 4) is 0 Å². The predicted molar refractivity (Wildman–Crippen MR) is 96.3 cm³/mol. The van der Waals surface area contributed by atoms with Crippen molar-refractivity contribution >= 4 is 33.4 Å². The number of sulfone groups is 1. The maximum Gasteiger partial charge on any atom is 0.254 e. The third-order valence-electron chi connectivity index (χ3n) is 4.40. The van der Waals surface area contributed by atoms with Crippen LogP contribution in [0.25, 0.3) is 0 Å². The van der Waals surface area contributed by atoms with Crippen LogP contribution in [0.4, 0.5) is 0 Å². The Morgan fingerprint density at radius 3 is 2.44 bits per heavy atom. The molecule has 0 radical (unpaired) electrons. The van der Waals surface area contributed by atoms with Gasteiger partial charge in [0, 0.05) is 49.6 Å². The minimum atomic E-state index is -3.35. The fourth-order valence-electron chi connectivity index (χ4n) is 2.95. The van der Waals surface area contributed by atoms with Crippen molar-refractivity contribution in [3.63, 3.8) is 0 Å². The number of nitrogens with zero attached hydrogens (tertiary/aromatic N) is 2. The van der Waals surface area contributed by atoms with Gasteiger partial charge in [0.25, 0.3) is 5.91 Å². The molecular weight excluding hydrogens is 362 g/mol. The average Bonchev–Trinajstić information content (AvgIpc) is 3.15. The molecule has 1 aromatic carbocycles. The van der Waals surface area contributed by atoms with Gasteiger partial charge in [-0.2, -0.15) is 0 Å². The Labute approximate surface area is 151 Å². The summed E-state index contributed by atoms with van der Waals surface area (Å²) in [5.74, 6) is 1.48. The lowest BCUT2D eigenvalue weighted by Crippen LogP contribution is -2.54. The lowest BCUT2D eigenvalue weighted by molar-refractivity contribution is -0.134. The second-order valence-corrected chi connectivity index (χ2v) is 9.24. The number of carbonyl (C=O) groups is 2. The second-order valence-electron chi connectivity index (χ2n) is 6.19. The maximum atomic E-state index is 12.6. The summed E-state index contributed by atoms with van der Waals surface area (Å²) >= 11 is 1.71. The molecule has 2 aliphatic rings. The first-order valence-corrected chi connectivity index (χ1v) is 11.1. The van der Waals surface area contributed by atoms with Crippen LogP contribution in [0.1, 0.15) is 10.4 Å². The molecule has 0 spiro atoms. The van der Waals surface area contributed by atoms with E-state index in [-0.39, 0.29) is 22.8 Å². The number of hydrogen-bond donors (Lipinski definition) is 1. The van der Waals surface area contributed by atoms with Crippen LogP contribution < -0.4 is 5.32 Å². The van der Waals surface area contributed by atoms with E-state index in [0.717, 1.165) is 17.9 Å². The van der Waals surface area contributed by atoms with Gasteiger partial charge in [0.1, 0.15) is 0 Å². The van der Waals surface area contributed by atoms with Gasteiger partial charge >= 0.3 is 0 Å². The Balaban J connectivity index is 1.63. The molecule has 2 heterocycles. The molecule has 2 aliphatic heterocycles. The van der Waals surface area contributed by atoms with Gasteiger partial charge in [0.15, 0.2) is 9.84 Å². The molecule has 1 aromatic rings. The highest BCUT2D eigenvalue weighted by atomic mass is 32.2. The number of carbonyl (C=O) groups excluding carboxylic acids is 2. The van der Waals surface area contributed by atoms with E-state index in [2.05, 4.69) is 5.32 Å². The zero-order chi connectivity index (χ0) is 18.0. The highest BCUT2D eigenvalue weighted by Gasteiger charge is 2.31. The van der Waals surface area contributed by atoms with Gasteiger partial charge in [-0.15, -0.1) is 11.8 Å². The summed E-state index contributed by atoms with van der Waals surface area (Å²) < 4.78 is 23.3. The van der Waals surface area contributed by atoms with E-state index in [1.165, 1.54) is 12.1 Å². The Kier molecular flexibility index (Phi) is 5.35. The van der Waals surface area contributed by atoms with E-state index in [4.69, 9.17) is 0 Å². The van der Waals surface area contributed by atoms with E-state index in [9.17, 15) is 18.0 Å². The summed E-state index contributed by atoms with van der Waals surface area (Å²) in [6.45, 7) is 1.90. The van der Waals surface area contributed by atoms with Crippen LogP contribution in [-0.4, -0.2) is 80.1 Å². The van der Waals surface area contributed by atoms with Crippen molar-refractivity contribution in [2.24, 2.45) is 0 Å². The molecule has 2 amide bonds. The monoisotopic (exact) mass is 383 g/mol. The fourth-order valence-corrected chi connectivity index (χ4v) is 4.55. The van der Waals surface area contributed by atoms with Crippen LogP contribution in [0.5, 0.6) is 0 Å². The summed E-state index contributed by atoms with van der Waals surface area (Å²) in [6.07, 6.45) is 1.12. The number of piperazine rings is 1. The van der Waals surface area contributed by atoms with Crippen molar-refractivity contribution in [1.29, 1.82) is 0 Å². The first-order valence-electron chi connectivity index (χ1n) is 8.05. The summed E-state index contributed by atoms with van der Waals surface area (Å²) in [5, 5.41) is 3.17. The third kappa shape index (κ3) is 4.16. The highest BCUT2D eigenvalue weighted by Crippen LogP contribution is 2.16. The smallest absolute Gasteiger partial charge is 0.254 e. The number of hydrogen-bond acceptors (Lipinski definition) is 6. The van der Waals surface area contributed by atoms with Crippen molar-refractivity contribution < 1.29 is 18.0 Å². The zero-order valence-electron chi connectivity index (χ0n) is 14.0. The molecule has 2 fully saturated rings. The van der Waals surface area contributed by atoms with Crippen LogP contribution in [-0.2, 0) is 14.6 Å². The highest BCUT2D eigenvalue weighted by molar-refractivity contribution is 7.99. The zero-order valence-corrected chi connectivity index (χ0v) is 15.6. The van der Waals surface area contributed by atoms with Crippen LogP contribution in [0.2, 0.25) is 0 Å². The van der Waals surface area contributed by atoms with E-state index < -0.39 is 9.84 Å². The van der Waals surface area contributed by atoms with Crippen molar-refractivity contribution in [3.05, 3.63) is 29.8 Å². The van der Waals surface area contributed by atoms with E-state index in [1.807, 2.05) is 0 Å². The number of amides is 2. The van der Waals surface area contributed by atoms with Gasteiger partial charge in [-0.05, 0) is 18.2 Å². The Morgan fingerprint density at radius 1 is 1.16 bits per heavy atom. The number of benzene rings is 1. The van der Waals surface area contributed by atoms with Crippen LogP contribution in [0.3, 0.4) is 0 Å². The van der Waals surface area contributed by atoms with Crippen LogP contribution >= 0.6 is 11.8 Å². The van der Waals surface area contributed by atoms with Crippen LogP contribution in [0.15, 0.2) is 29.2 Å². The Morgan fingerprint density at radius 2 is 1.84 bits per heavy atom. The summed E-state index contributed by atoms with van der Waals surface area (Å²) in [5.41, 5.74) is 0.358. The number of rotatable bonds is 3. The Bertz CT molecular complexity index is 767. The van der Waals surface area contributed by atoms with Gasteiger partial charge in [0.2, 0.25) is 5.91 Å². The fraction of sp³-hybridized carbons (Fsp3) is 0.500. The number of thioether (sulfide) groups is 1. The first-order chi connectivity index (χ1) is 11.9. The molecule has 1 unspecified atom stereocenters. The van der Waals surface area contributed by atoms with Crippen molar-refractivity contribution in [2.75, 3.05) is 44.1 Å². The summed E-state index contributed by atoms with van der Waals surface area (Å²) in [7, 11) is -3.35. The quantitative estimate of drug-likeness (QED) is 0.793. The standard InChI is InChI=1S/C16H21N3O4S2/c1-25(22,23)13-4-2-3-12(9-13)15(20)18-5-7-19(8-6-18)16(21)14-10-24-11-17-14/h2-4,9,14,17H,5-8,10-11H2,1H3. The SMILES string of the molecule is CS(=O)(=O)c1cccc(C(=O)N2CCN(C(=O)C3CSCN3)CC2)c1. The minimum Gasteiger partial charge on any atom is -0.338 e. The van der Waals surface area contributed by atoms with E-state index in [1.54, 1.807) is 33.7 Å². The summed E-state index contributed by atoms with van der Waals surface area (Å²) in [6, 6.07) is 5.96. The topological polar surface area (TPSA) is 86.8 Å². The molecule has 0 aromatic heterocycles. The molecule has 2 saturated heterocycles. The molecular formula is C16H21N3O4S2. The second kappa shape index (κ2) is 7.35.